The van der Waals surface area contributed by atoms with Gasteiger partial charge in [0.25, 0.3) is 0 Å². The minimum atomic E-state index is -0.197. The van der Waals surface area contributed by atoms with Gasteiger partial charge >= 0.3 is 0 Å². The number of benzene rings is 1. The van der Waals surface area contributed by atoms with E-state index in [2.05, 4.69) is 17.6 Å². The van der Waals surface area contributed by atoms with Crippen LogP contribution in [0.2, 0.25) is 0 Å². The Kier molecular flexibility index (Phi) is 16.9. The lowest BCUT2D eigenvalue weighted by Crippen LogP contribution is -2.38. The van der Waals surface area contributed by atoms with Crippen molar-refractivity contribution in [3.8, 4) is 0 Å². The van der Waals surface area contributed by atoms with E-state index in [4.69, 9.17) is 12.2 Å². The summed E-state index contributed by atoms with van der Waals surface area (Å²) in [6, 6.07) is 9.75. The second-order valence-electron chi connectivity index (χ2n) is 8.09. The number of rotatable bonds is 17. The molecule has 0 saturated heterocycles. The Hall–Kier alpha value is -1.68. The summed E-state index contributed by atoms with van der Waals surface area (Å²) in [5.74, 6) is -0.197. The van der Waals surface area contributed by atoms with Crippen molar-refractivity contribution in [2.24, 2.45) is 0 Å². The molecule has 1 rings (SSSR count). The highest BCUT2D eigenvalue weighted by Gasteiger charge is 2.00. The van der Waals surface area contributed by atoms with Crippen LogP contribution in [0.5, 0.6) is 0 Å². The molecular formula is C26H42N2OS. The zero-order chi connectivity index (χ0) is 21.7. The zero-order valence-corrected chi connectivity index (χ0v) is 19.8. The average molecular weight is 431 g/mol. The van der Waals surface area contributed by atoms with Crippen molar-refractivity contribution < 1.29 is 4.79 Å². The Morgan fingerprint density at radius 3 is 1.83 bits per heavy atom. The Morgan fingerprint density at radius 2 is 1.30 bits per heavy atom. The van der Waals surface area contributed by atoms with Gasteiger partial charge in [-0.05, 0) is 30.3 Å². The van der Waals surface area contributed by atoms with Crippen molar-refractivity contribution in [2.75, 3.05) is 6.54 Å². The van der Waals surface area contributed by atoms with Crippen molar-refractivity contribution in [1.29, 1.82) is 0 Å². The molecule has 1 aromatic rings. The molecule has 1 aromatic carbocycles. The predicted molar refractivity (Wildman–Crippen MR) is 135 cm³/mol. The first-order valence-electron chi connectivity index (χ1n) is 12.0. The van der Waals surface area contributed by atoms with Crippen LogP contribution in [0.15, 0.2) is 36.4 Å². The Labute approximate surface area is 190 Å². The Balaban J connectivity index is 1.86. The monoisotopic (exact) mass is 430 g/mol. The lowest BCUT2D eigenvalue weighted by Gasteiger charge is -2.08. The maximum absolute atomic E-state index is 11.9. The SMILES string of the molecule is CCCCCCCCCCCCCCCCNC(=S)NC(=O)C=Cc1ccccc1. The van der Waals surface area contributed by atoms with Gasteiger partial charge in [0.05, 0.1) is 0 Å². The molecule has 0 aliphatic carbocycles. The fourth-order valence-electron chi connectivity index (χ4n) is 3.46. The maximum Gasteiger partial charge on any atom is 0.250 e. The highest BCUT2D eigenvalue weighted by atomic mass is 32.1. The summed E-state index contributed by atoms with van der Waals surface area (Å²) in [5, 5.41) is 6.22. The quantitative estimate of drug-likeness (QED) is 0.156. The van der Waals surface area contributed by atoms with Crippen LogP contribution in [0.1, 0.15) is 102 Å². The van der Waals surface area contributed by atoms with Crippen LogP contribution >= 0.6 is 12.2 Å². The molecule has 0 radical (unpaired) electrons. The van der Waals surface area contributed by atoms with Crippen LogP contribution in [0.3, 0.4) is 0 Å². The molecule has 0 bridgehead atoms. The van der Waals surface area contributed by atoms with Gasteiger partial charge in [-0.25, -0.2) is 0 Å². The van der Waals surface area contributed by atoms with Crippen LogP contribution < -0.4 is 10.6 Å². The molecule has 0 aliphatic heterocycles. The molecule has 0 saturated carbocycles. The molecule has 0 fully saturated rings. The first kappa shape index (κ1) is 26.4. The highest BCUT2D eigenvalue weighted by Crippen LogP contribution is 2.12. The second-order valence-corrected chi connectivity index (χ2v) is 8.49. The molecule has 0 spiro atoms. The summed E-state index contributed by atoms with van der Waals surface area (Å²) in [4.78, 5) is 11.9. The van der Waals surface area contributed by atoms with E-state index in [0.29, 0.717) is 5.11 Å². The number of amides is 1. The van der Waals surface area contributed by atoms with Gasteiger partial charge in [-0.2, -0.15) is 0 Å². The number of carbonyl (C=O) groups excluding carboxylic acids is 1. The average Bonchev–Trinajstić information content (AvgIpc) is 2.75. The van der Waals surface area contributed by atoms with E-state index in [-0.39, 0.29) is 5.91 Å². The van der Waals surface area contributed by atoms with Gasteiger partial charge in [-0.15, -0.1) is 0 Å². The van der Waals surface area contributed by atoms with E-state index in [1.54, 1.807) is 6.08 Å². The van der Waals surface area contributed by atoms with Crippen LogP contribution in [0.4, 0.5) is 0 Å². The van der Waals surface area contributed by atoms with Gasteiger partial charge in [0.1, 0.15) is 0 Å². The van der Waals surface area contributed by atoms with Crippen molar-refractivity contribution in [1.82, 2.24) is 10.6 Å². The first-order valence-corrected chi connectivity index (χ1v) is 12.4. The highest BCUT2D eigenvalue weighted by molar-refractivity contribution is 7.80. The number of unbranched alkanes of at least 4 members (excludes halogenated alkanes) is 13. The van der Waals surface area contributed by atoms with Gasteiger partial charge < -0.3 is 5.32 Å². The predicted octanol–water partition coefficient (Wildman–Crippen LogP) is 7.17. The topological polar surface area (TPSA) is 41.1 Å². The standard InChI is InChI=1S/C26H42N2OS/c1-2-3-4-5-6-7-8-9-10-11-12-13-14-18-23-27-26(30)28-25(29)22-21-24-19-16-15-17-20-24/h15-17,19-22H,2-14,18,23H2,1H3,(H2,27,28,29,30). The van der Waals surface area contributed by atoms with Crippen molar-refractivity contribution in [3.05, 3.63) is 42.0 Å². The maximum atomic E-state index is 11.9. The number of nitrogens with one attached hydrogen (secondary N) is 2. The molecule has 1 amide bonds. The summed E-state index contributed by atoms with van der Waals surface area (Å²) < 4.78 is 0. The molecular weight excluding hydrogens is 388 g/mol. The second kappa shape index (κ2) is 19.3. The van der Waals surface area contributed by atoms with Gasteiger partial charge in [0, 0.05) is 12.6 Å². The normalized spacial score (nSPS) is 11.0. The van der Waals surface area contributed by atoms with E-state index < -0.39 is 0 Å². The van der Waals surface area contributed by atoms with E-state index >= 15 is 0 Å². The third-order valence-electron chi connectivity index (χ3n) is 5.28. The van der Waals surface area contributed by atoms with Gasteiger partial charge in [-0.1, -0.05) is 121 Å². The molecule has 0 atom stereocenters. The molecule has 4 heteroatoms. The molecule has 0 unspecified atom stereocenters. The first-order chi connectivity index (χ1) is 14.7. The van der Waals surface area contributed by atoms with E-state index in [9.17, 15) is 4.79 Å². The van der Waals surface area contributed by atoms with Crippen LogP contribution in [-0.4, -0.2) is 17.6 Å². The third-order valence-corrected chi connectivity index (χ3v) is 5.53. The van der Waals surface area contributed by atoms with Gasteiger partial charge in [0.2, 0.25) is 5.91 Å². The molecule has 2 N–H and O–H groups in total. The lowest BCUT2D eigenvalue weighted by molar-refractivity contribution is -0.115. The van der Waals surface area contributed by atoms with Crippen molar-refractivity contribution in [3.63, 3.8) is 0 Å². The summed E-state index contributed by atoms with van der Waals surface area (Å²) in [7, 11) is 0. The van der Waals surface area contributed by atoms with Gasteiger partial charge in [-0.3, -0.25) is 10.1 Å². The molecule has 0 aliphatic rings. The van der Waals surface area contributed by atoms with Crippen LogP contribution in [0, 0.1) is 0 Å². The minimum Gasteiger partial charge on any atom is -0.362 e. The summed E-state index contributed by atoms with van der Waals surface area (Å²) in [5.41, 5.74) is 0.994. The summed E-state index contributed by atoms with van der Waals surface area (Å²) in [6.45, 7) is 3.09. The fraction of sp³-hybridized carbons (Fsp3) is 0.615. The Morgan fingerprint density at radius 1 is 0.800 bits per heavy atom. The fourth-order valence-corrected chi connectivity index (χ4v) is 3.66. The lowest BCUT2D eigenvalue weighted by atomic mass is 10.0. The summed E-state index contributed by atoms with van der Waals surface area (Å²) in [6.07, 6.45) is 22.3. The van der Waals surface area contributed by atoms with Crippen LogP contribution in [0.25, 0.3) is 6.08 Å². The molecule has 3 nitrogen and oxygen atoms in total. The molecule has 0 heterocycles. The minimum absolute atomic E-state index is 0.197. The third kappa shape index (κ3) is 16.2. The summed E-state index contributed by atoms with van der Waals surface area (Å²) >= 11 is 5.18. The van der Waals surface area contributed by atoms with E-state index in [1.165, 1.54) is 89.5 Å². The molecule has 0 aromatic heterocycles. The largest absolute Gasteiger partial charge is 0.362 e. The number of hydrogen-bond acceptors (Lipinski definition) is 2. The van der Waals surface area contributed by atoms with E-state index in [1.807, 2.05) is 30.3 Å². The number of thiocarbonyl (C=S) groups is 1. The smallest absolute Gasteiger partial charge is 0.250 e. The van der Waals surface area contributed by atoms with Crippen molar-refractivity contribution in [2.45, 2.75) is 96.8 Å². The Bertz CT molecular complexity index is 586. The number of hydrogen-bond donors (Lipinski definition) is 2. The van der Waals surface area contributed by atoms with Crippen LogP contribution in [-0.2, 0) is 4.79 Å². The number of carbonyl (C=O) groups is 1. The molecule has 30 heavy (non-hydrogen) atoms. The van der Waals surface area contributed by atoms with Crippen molar-refractivity contribution >= 4 is 29.3 Å². The zero-order valence-electron chi connectivity index (χ0n) is 19.0. The van der Waals surface area contributed by atoms with Gasteiger partial charge in [0.15, 0.2) is 5.11 Å². The molecule has 168 valence electrons. The van der Waals surface area contributed by atoms with E-state index in [0.717, 1.165) is 18.5 Å².